The highest BCUT2D eigenvalue weighted by Crippen LogP contribution is 2.34. The van der Waals surface area contributed by atoms with Crippen molar-refractivity contribution in [2.24, 2.45) is 5.41 Å². The second-order valence-corrected chi connectivity index (χ2v) is 3.93. The van der Waals surface area contributed by atoms with Crippen LogP contribution in [0.4, 0.5) is 0 Å². The molecular formula is C10H14O. The minimum absolute atomic E-state index is 0.0470. The lowest BCUT2D eigenvalue weighted by Gasteiger charge is -2.10. The lowest BCUT2D eigenvalue weighted by atomic mass is 9.93. The number of allylic oxidation sites excluding steroid dienone is 3. The molecule has 0 aliphatic heterocycles. The molecule has 60 valence electrons. The predicted molar refractivity (Wildman–Crippen MR) is 46.3 cm³/mol. The van der Waals surface area contributed by atoms with E-state index in [0.717, 1.165) is 11.1 Å². The first-order valence-corrected chi connectivity index (χ1v) is 3.84. The van der Waals surface area contributed by atoms with Gasteiger partial charge >= 0.3 is 0 Å². The fourth-order valence-electron chi connectivity index (χ4n) is 1.39. The molecule has 0 N–H and O–H groups in total. The Balaban J connectivity index is 2.97. The van der Waals surface area contributed by atoms with Crippen LogP contribution in [-0.2, 0) is 4.79 Å². The van der Waals surface area contributed by atoms with Crippen LogP contribution >= 0.6 is 0 Å². The molecule has 0 bridgehead atoms. The smallest absolute Gasteiger partial charge is 0.163 e. The van der Waals surface area contributed by atoms with E-state index >= 15 is 0 Å². The second kappa shape index (κ2) is 2.33. The maximum atomic E-state index is 11.3. The Morgan fingerprint density at radius 1 is 1.64 bits per heavy atom. The first-order valence-electron chi connectivity index (χ1n) is 3.84. The minimum Gasteiger partial charge on any atom is -0.294 e. The maximum Gasteiger partial charge on any atom is 0.163 e. The third-order valence-electron chi connectivity index (χ3n) is 1.91. The maximum absolute atomic E-state index is 11.3. The van der Waals surface area contributed by atoms with Crippen molar-refractivity contribution in [3.05, 3.63) is 23.8 Å². The van der Waals surface area contributed by atoms with E-state index in [-0.39, 0.29) is 11.2 Å². The second-order valence-electron chi connectivity index (χ2n) is 3.93. The van der Waals surface area contributed by atoms with E-state index in [1.165, 1.54) is 0 Å². The predicted octanol–water partition coefficient (Wildman–Crippen LogP) is 2.49. The lowest BCUT2D eigenvalue weighted by molar-refractivity contribution is -0.115. The van der Waals surface area contributed by atoms with Gasteiger partial charge in [-0.1, -0.05) is 26.5 Å². The molecule has 0 aromatic heterocycles. The molecule has 0 spiro atoms. The summed E-state index contributed by atoms with van der Waals surface area (Å²) < 4.78 is 0. The van der Waals surface area contributed by atoms with E-state index in [1.807, 2.05) is 13.0 Å². The topological polar surface area (TPSA) is 17.1 Å². The number of rotatable bonds is 1. The van der Waals surface area contributed by atoms with Gasteiger partial charge in [0.1, 0.15) is 0 Å². The summed E-state index contributed by atoms with van der Waals surface area (Å²) >= 11 is 0. The monoisotopic (exact) mass is 150 g/mol. The van der Waals surface area contributed by atoms with Crippen LogP contribution in [0.15, 0.2) is 23.8 Å². The zero-order valence-electron chi connectivity index (χ0n) is 7.40. The number of carbonyl (C=O) groups excluding carboxylic acids is 1. The Morgan fingerprint density at radius 2 is 2.18 bits per heavy atom. The number of hydrogen-bond donors (Lipinski definition) is 0. The van der Waals surface area contributed by atoms with Crippen molar-refractivity contribution >= 4 is 5.78 Å². The van der Waals surface area contributed by atoms with Gasteiger partial charge < -0.3 is 0 Å². The Morgan fingerprint density at radius 3 is 2.36 bits per heavy atom. The number of Topliss-reactive ketones (excluding diaryl/α,β-unsaturated/α-hetero) is 1. The molecule has 1 nitrogen and oxygen atoms in total. The van der Waals surface area contributed by atoms with Gasteiger partial charge in [0, 0.05) is 12.0 Å². The third kappa shape index (κ3) is 1.59. The quantitative estimate of drug-likeness (QED) is 0.561. The first kappa shape index (κ1) is 8.25. The van der Waals surface area contributed by atoms with Crippen LogP contribution in [0.2, 0.25) is 0 Å². The van der Waals surface area contributed by atoms with Crippen LogP contribution in [0, 0.1) is 5.41 Å². The SMILES string of the molecule is C=C(C)C1=CC(C)(C)CC1=O. The fourth-order valence-corrected chi connectivity index (χ4v) is 1.39. The van der Waals surface area contributed by atoms with E-state index in [9.17, 15) is 4.79 Å². The number of carbonyl (C=O) groups is 1. The molecule has 0 aromatic rings. The molecule has 0 unspecified atom stereocenters. The summed E-state index contributed by atoms with van der Waals surface area (Å²) in [4.78, 5) is 11.3. The van der Waals surface area contributed by atoms with E-state index in [2.05, 4.69) is 20.4 Å². The highest BCUT2D eigenvalue weighted by atomic mass is 16.1. The Kier molecular flexibility index (Phi) is 1.75. The summed E-state index contributed by atoms with van der Waals surface area (Å²) in [5, 5.41) is 0. The third-order valence-corrected chi connectivity index (χ3v) is 1.91. The highest BCUT2D eigenvalue weighted by Gasteiger charge is 2.29. The summed E-state index contributed by atoms with van der Waals surface area (Å²) in [6.07, 6.45) is 2.66. The van der Waals surface area contributed by atoms with Crippen molar-refractivity contribution in [3.8, 4) is 0 Å². The molecular weight excluding hydrogens is 136 g/mol. The van der Waals surface area contributed by atoms with Crippen LogP contribution in [0.25, 0.3) is 0 Å². The fraction of sp³-hybridized carbons (Fsp3) is 0.500. The molecule has 11 heavy (non-hydrogen) atoms. The molecule has 0 radical (unpaired) electrons. The highest BCUT2D eigenvalue weighted by molar-refractivity contribution is 6.02. The molecule has 1 heteroatoms. The van der Waals surface area contributed by atoms with Crippen LogP contribution in [0.1, 0.15) is 27.2 Å². The summed E-state index contributed by atoms with van der Waals surface area (Å²) in [6, 6.07) is 0. The van der Waals surface area contributed by atoms with E-state index < -0.39 is 0 Å². The molecule has 1 rings (SSSR count). The van der Waals surface area contributed by atoms with Crippen LogP contribution in [-0.4, -0.2) is 5.78 Å². The van der Waals surface area contributed by atoms with Gasteiger partial charge in [-0.05, 0) is 17.9 Å². The molecule has 0 fully saturated rings. The average Bonchev–Trinajstić information content (AvgIpc) is 2.05. The summed E-state index contributed by atoms with van der Waals surface area (Å²) in [7, 11) is 0. The van der Waals surface area contributed by atoms with Gasteiger partial charge in [-0.15, -0.1) is 0 Å². The van der Waals surface area contributed by atoms with Gasteiger partial charge in [0.2, 0.25) is 0 Å². The Hall–Kier alpha value is -0.850. The number of ketones is 1. The van der Waals surface area contributed by atoms with E-state index in [4.69, 9.17) is 0 Å². The zero-order valence-corrected chi connectivity index (χ0v) is 7.40. The molecule has 1 aliphatic rings. The normalized spacial score (nSPS) is 21.7. The van der Waals surface area contributed by atoms with Gasteiger partial charge in [-0.25, -0.2) is 0 Å². The molecule has 0 saturated heterocycles. The minimum atomic E-state index is 0.0470. The molecule has 1 aliphatic carbocycles. The largest absolute Gasteiger partial charge is 0.294 e. The van der Waals surface area contributed by atoms with E-state index in [0.29, 0.717) is 6.42 Å². The molecule has 0 atom stereocenters. The van der Waals surface area contributed by atoms with Gasteiger partial charge in [0.15, 0.2) is 5.78 Å². The van der Waals surface area contributed by atoms with Crippen LogP contribution in [0.3, 0.4) is 0 Å². The molecule has 0 aromatic carbocycles. The van der Waals surface area contributed by atoms with Crippen molar-refractivity contribution in [3.63, 3.8) is 0 Å². The summed E-state index contributed by atoms with van der Waals surface area (Å²) in [5.41, 5.74) is 1.77. The first-order chi connectivity index (χ1) is 4.92. The molecule has 0 heterocycles. The average molecular weight is 150 g/mol. The number of hydrogen-bond acceptors (Lipinski definition) is 1. The Labute approximate surface area is 67.8 Å². The van der Waals surface area contributed by atoms with Crippen molar-refractivity contribution in [2.45, 2.75) is 27.2 Å². The van der Waals surface area contributed by atoms with Gasteiger partial charge in [0.05, 0.1) is 0 Å². The van der Waals surface area contributed by atoms with E-state index in [1.54, 1.807) is 0 Å². The summed E-state index contributed by atoms with van der Waals surface area (Å²) in [5.74, 6) is 0.238. The van der Waals surface area contributed by atoms with Crippen LogP contribution in [0.5, 0.6) is 0 Å². The van der Waals surface area contributed by atoms with Gasteiger partial charge in [0.25, 0.3) is 0 Å². The zero-order chi connectivity index (χ0) is 8.65. The van der Waals surface area contributed by atoms with Gasteiger partial charge in [-0.2, -0.15) is 0 Å². The van der Waals surface area contributed by atoms with Crippen LogP contribution < -0.4 is 0 Å². The molecule has 0 amide bonds. The van der Waals surface area contributed by atoms with Gasteiger partial charge in [-0.3, -0.25) is 4.79 Å². The van der Waals surface area contributed by atoms with Crippen molar-refractivity contribution in [1.29, 1.82) is 0 Å². The Bertz CT molecular complexity index is 244. The summed E-state index contributed by atoms with van der Waals surface area (Å²) in [6.45, 7) is 9.78. The lowest BCUT2D eigenvalue weighted by Crippen LogP contribution is -2.05. The van der Waals surface area contributed by atoms with Crippen molar-refractivity contribution in [1.82, 2.24) is 0 Å². The standard InChI is InChI=1S/C10H14O/c1-7(2)8-5-10(3,4)6-9(8)11/h5H,1,6H2,2-4H3. The molecule has 0 saturated carbocycles. The van der Waals surface area contributed by atoms with Crippen molar-refractivity contribution < 1.29 is 4.79 Å². The van der Waals surface area contributed by atoms with Crippen molar-refractivity contribution in [2.75, 3.05) is 0 Å².